The predicted octanol–water partition coefficient (Wildman–Crippen LogP) is 4.06. The van der Waals surface area contributed by atoms with Crippen LogP contribution >= 0.6 is 0 Å². The third-order valence-electron chi connectivity index (χ3n) is 5.31. The predicted molar refractivity (Wildman–Crippen MR) is 111 cm³/mol. The van der Waals surface area contributed by atoms with Crippen LogP contribution in [0.5, 0.6) is 5.75 Å². The number of aromatic nitrogens is 2. The second-order valence-corrected chi connectivity index (χ2v) is 7.24. The molecule has 150 valence electrons. The van der Waals surface area contributed by atoms with Crippen molar-refractivity contribution in [3.05, 3.63) is 70.9 Å². The molecule has 0 unspecified atom stereocenters. The average Bonchev–Trinajstić information content (AvgIpc) is 3.26. The van der Waals surface area contributed by atoms with Crippen molar-refractivity contribution < 1.29 is 14.6 Å². The number of H-pyrrole nitrogens is 1. The van der Waals surface area contributed by atoms with E-state index in [2.05, 4.69) is 34.5 Å². The molecule has 1 aromatic heterocycles. The molecule has 6 nitrogen and oxygen atoms in total. The standard InChI is InChI=1S/C23H25N3O3/c1-3-29-14-6-13-26-22(16-11-9-15(2)10-12-16)19-20(24-25-21(19)23(26)28)17-7-4-5-8-18(17)27/h4-5,7-12,22,27H,3,6,13-14H2,1-2H3,(H,24,25)/t22-/m1/s1. The van der Waals surface area contributed by atoms with Crippen LogP contribution in [0.25, 0.3) is 11.3 Å². The molecule has 1 aliphatic heterocycles. The third kappa shape index (κ3) is 3.51. The summed E-state index contributed by atoms with van der Waals surface area (Å²) in [6, 6.07) is 15.0. The normalized spacial score (nSPS) is 15.7. The maximum absolute atomic E-state index is 13.2. The summed E-state index contributed by atoms with van der Waals surface area (Å²) in [7, 11) is 0. The number of amides is 1. The van der Waals surface area contributed by atoms with Gasteiger partial charge in [-0.05, 0) is 38.0 Å². The lowest BCUT2D eigenvalue weighted by molar-refractivity contribution is 0.0710. The van der Waals surface area contributed by atoms with Gasteiger partial charge in [-0.25, -0.2) is 0 Å². The van der Waals surface area contributed by atoms with Crippen LogP contribution in [0.3, 0.4) is 0 Å². The molecule has 0 saturated carbocycles. The molecule has 6 heteroatoms. The fourth-order valence-electron chi connectivity index (χ4n) is 3.88. The smallest absolute Gasteiger partial charge is 0.273 e. The van der Waals surface area contributed by atoms with Gasteiger partial charge in [0.15, 0.2) is 0 Å². The van der Waals surface area contributed by atoms with Gasteiger partial charge in [-0.2, -0.15) is 5.10 Å². The highest BCUT2D eigenvalue weighted by molar-refractivity contribution is 6.00. The summed E-state index contributed by atoms with van der Waals surface area (Å²) in [6.07, 6.45) is 0.756. The minimum absolute atomic E-state index is 0.0729. The zero-order valence-electron chi connectivity index (χ0n) is 16.7. The van der Waals surface area contributed by atoms with Gasteiger partial charge in [0.25, 0.3) is 5.91 Å². The fourth-order valence-corrected chi connectivity index (χ4v) is 3.88. The number of para-hydroxylation sites is 1. The first-order valence-corrected chi connectivity index (χ1v) is 9.93. The molecule has 0 bridgehead atoms. The molecule has 2 heterocycles. The van der Waals surface area contributed by atoms with Crippen molar-refractivity contribution >= 4 is 5.91 Å². The van der Waals surface area contributed by atoms with E-state index >= 15 is 0 Å². The summed E-state index contributed by atoms with van der Waals surface area (Å²) in [5, 5.41) is 17.7. The van der Waals surface area contributed by atoms with E-state index in [0.29, 0.717) is 36.7 Å². The number of phenolic OH excluding ortho intramolecular Hbond substituents is 1. The Morgan fingerprint density at radius 1 is 1.17 bits per heavy atom. The van der Waals surface area contributed by atoms with Crippen LogP contribution in [0.2, 0.25) is 0 Å². The molecule has 3 aromatic rings. The van der Waals surface area contributed by atoms with Crippen molar-refractivity contribution in [2.75, 3.05) is 19.8 Å². The van der Waals surface area contributed by atoms with Crippen molar-refractivity contribution in [3.63, 3.8) is 0 Å². The topological polar surface area (TPSA) is 78.5 Å². The van der Waals surface area contributed by atoms with E-state index in [9.17, 15) is 9.90 Å². The van der Waals surface area contributed by atoms with Crippen LogP contribution in [0.15, 0.2) is 48.5 Å². The van der Waals surface area contributed by atoms with E-state index in [4.69, 9.17) is 4.74 Å². The van der Waals surface area contributed by atoms with Crippen molar-refractivity contribution in [2.45, 2.75) is 26.3 Å². The highest BCUT2D eigenvalue weighted by atomic mass is 16.5. The minimum atomic E-state index is -0.256. The van der Waals surface area contributed by atoms with Gasteiger partial charge in [0, 0.05) is 30.9 Å². The Kier molecular flexibility index (Phi) is 5.36. The summed E-state index contributed by atoms with van der Waals surface area (Å²) in [6.45, 7) is 5.86. The Labute approximate surface area is 170 Å². The van der Waals surface area contributed by atoms with Gasteiger partial charge in [-0.3, -0.25) is 9.89 Å². The second-order valence-electron chi connectivity index (χ2n) is 7.24. The quantitative estimate of drug-likeness (QED) is 0.595. The first kappa shape index (κ1) is 19.2. The molecule has 4 rings (SSSR count). The number of hydrogen-bond donors (Lipinski definition) is 2. The summed E-state index contributed by atoms with van der Waals surface area (Å²) < 4.78 is 5.46. The van der Waals surface area contributed by atoms with E-state index in [1.165, 1.54) is 0 Å². The SMILES string of the molecule is CCOCCCN1C(=O)c2[nH]nc(-c3ccccc3O)c2[C@H]1c1ccc(C)cc1. The van der Waals surface area contributed by atoms with E-state index in [-0.39, 0.29) is 17.7 Å². The molecule has 2 N–H and O–H groups in total. The Bertz CT molecular complexity index is 1010. The van der Waals surface area contributed by atoms with Crippen molar-refractivity contribution in [3.8, 4) is 17.0 Å². The van der Waals surface area contributed by atoms with Gasteiger partial charge in [0.1, 0.15) is 17.1 Å². The van der Waals surface area contributed by atoms with Crippen LogP contribution in [-0.4, -0.2) is 45.9 Å². The Balaban J connectivity index is 1.78. The van der Waals surface area contributed by atoms with Crippen molar-refractivity contribution in [1.82, 2.24) is 15.1 Å². The lowest BCUT2D eigenvalue weighted by atomic mass is 9.95. The number of hydrogen-bond acceptors (Lipinski definition) is 4. The zero-order chi connectivity index (χ0) is 20.4. The summed E-state index contributed by atoms with van der Waals surface area (Å²) >= 11 is 0. The first-order valence-electron chi connectivity index (χ1n) is 9.93. The number of aromatic hydroxyl groups is 1. The lowest BCUT2D eigenvalue weighted by Crippen LogP contribution is -2.31. The molecule has 0 spiro atoms. The van der Waals surface area contributed by atoms with Gasteiger partial charge >= 0.3 is 0 Å². The molecule has 0 fully saturated rings. The number of aryl methyl sites for hydroxylation is 1. The van der Waals surface area contributed by atoms with Crippen LogP contribution in [0, 0.1) is 6.92 Å². The molecular weight excluding hydrogens is 366 g/mol. The summed E-state index contributed by atoms with van der Waals surface area (Å²) in [5.41, 5.74) is 4.73. The summed E-state index contributed by atoms with van der Waals surface area (Å²) in [4.78, 5) is 15.1. The monoisotopic (exact) mass is 391 g/mol. The number of benzene rings is 2. The summed E-state index contributed by atoms with van der Waals surface area (Å²) in [5.74, 6) is 0.0722. The van der Waals surface area contributed by atoms with Crippen LogP contribution < -0.4 is 0 Å². The van der Waals surface area contributed by atoms with Gasteiger partial charge in [-0.15, -0.1) is 0 Å². The van der Waals surface area contributed by atoms with Gasteiger partial charge in [0.2, 0.25) is 0 Å². The number of aromatic amines is 1. The third-order valence-corrected chi connectivity index (χ3v) is 5.31. The highest BCUT2D eigenvalue weighted by Crippen LogP contribution is 2.44. The molecule has 1 amide bonds. The molecule has 1 atom stereocenters. The number of nitrogens with one attached hydrogen (secondary N) is 1. The number of carbonyl (C=O) groups is 1. The molecule has 0 radical (unpaired) electrons. The zero-order valence-corrected chi connectivity index (χ0v) is 16.7. The fraction of sp³-hybridized carbons (Fsp3) is 0.304. The van der Waals surface area contributed by atoms with Gasteiger partial charge in [0.05, 0.1) is 6.04 Å². The highest BCUT2D eigenvalue weighted by Gasteiger charge is 2.42. The van der Waals surface area contributed by atoms with Crippen molar-refractivity contribution in [2.24, 2.45) is 0 Å². The van der Waals surface area contributed by atoms with E-state index in [1.807, 2.05) is 30.9 Å². The van der Waals surface area contributed by atoms with Crippen LogP contribution in [0.4, 0.5) is 0 Å². The Morgan fingerprint density at radius 3 is 2.66 bits per heavy atom. The molecule has 1 aliphatic rings. The van der Waals surface area contributed by atoms with Crippen LogP contribution in [0.1, 0.15) is 46.6 Å². The second kappa shape index (κ2) is 8.09. The molecule has 0 aliphatic carbocycles. The average molecular weight is 391 g/mol. The Hall–Kier alpha value is -3.12. The number of fused-ring (bicyclic) bond motifs is 1. The number of carbonyl (C=O) groups excluding carboxylic acids is 1. The molecule has 0 saturated heterocycles. The van der Waals surface area contributed by atoms with E-state index in [0.717, 1.165) is 23.1 Å². The first-order chi connectivity index (χ1) is 14.1. The van der Waals surface area contributed by atoms with E-state index < -0.39 is 0 Å². The maximum Gasteiger partial charge on any atom is 0.273 e. The van der Waals surface area contributed by atoms with Gasteiger partial charge < -0.3 is 14.7 Å². The lowest BCUT2D eigenvalue weighted by Gasteiger charge is -2.26. The number of phenols is 1. The number of rotatable bonds is 7. The van der Waals surface area contributed by atoms with Crippen molar-refractivity contribution in [1.29, 1.82) is 0 Å². The number of ether oxygens (including phenoxy) is 1. The van der Waals surface area contributed by atoms with Gasteiger partial charge in [-0.1, -0.05) is 42.0 Å². The molecule has 29 heavy (non-hydrogen) atoms. The van der Waals surface area contributed by atoms with E-state index in [1.54, 1.807) is 12.1 Å². The molecular formula is C23H25N3O3. The molecule has 2 aromatic carbocycles. The largest absolute Gasteiger partial charge is 0.507 e. The minimum Gasteiger partial charge on any atom is -0.507 e. The maximum atomic E-state index is 13.2. The number of nitrogens with zero attached hydrogens (tertiary/aromatic N) is 2. The Morgan fingerprint density at radius 2 is 1.93 bits per heavy atom. The van der Waals surface area contributed by atoms with Crippen LogP contribution in [-0.2, 0) is 4.74 Å².